The number of hydrogen-bond donors (Lipinski definition) is 2. The summed E-state index contributed by atoms with van der Waals surface area (Å²) < 4.78 is 39.7. The molecule has 0 aliphatic heterocycles. The smallest absolute Gasteiger partial charge is 0.194 e. The van der Waals surface area contributed by atoms with Crippen LogP contribution >= 0.6 is 0 Å². The van der Waals surface area contributed by atoms with Crippen molar-refractivity contribution in [2.45, 2.75) is 44.6 Å². The van der Waals surface area contributed by atoms with Crippen molar-refractivity contribution in [3.63, 3.8) is 0 Å². The van der Waals surface area contributed by atoms with E-state index in [9.17, 15) is 13.2 Å². The minimum atomic E-state index is -1.45. The molecule has 0 amide bonds. The molecule has 1 atom stereocenters. The summed E-state index contributed by atoms with van der Waals surface area (Å²) >= 11 is 0. The van der Waals surface area contributed by atoms with Crippen LogP contribution in [-0.4, -0.2) is 0 Å². The summed E-state index contributed by atoms with van der Waals surface area (Å²) in [5.41, 5.74) is 3.91. The van der Waals surface area contributed by atoms with Gasteiger partial charge < -0.3 is 0 Å². The second kappa shape index (κ2) is 6.90. The van der Waals surface area contributed by atoms with Crippen LogP contribution in [0.15, 0.2) is 23.8 Å². The Labute approximate surface area is 116 Å². The zero-order valence-corrected chi connectivity index (χ0v) is 11.3. The molecule has 0 aromatic heterocycles. The molecule has 2 rings (SSSR count). The van der Waals surface area contributed by atoms with Gasteiger partial charge in [-0.05, 0) is 43.4 Å². The molecule has 1 aromatic rings. The summed E-state index contributed by atoms with van der Waals surface area (Å²) in [7, 11) is 0. The number of hydrogen-bond acceptors (Lipinski definition) is 2. The van der Waals surface area contributed by atoms with Crippen molar-refractivity contribution in [2.75, 3.05) is 0 Å². The molecule has 2 nitrogen and oxygen atoms in total. The Kier molecular flexibility index (Phi) is 5.20. The van der Waals surface area contributed by atoms with Gasteiger partial charge in [0, 0.05) is 0 Å². The SMILES string of the molecule is NNC(/C1=C/CCCCCC1)c1cc(F)c(F)c(F)c1. The molecule has 1 aliphatic rings. The highest BCUT2D eigenvalue weighted by Gasteiger charge is 2.20. The molecule has 1 unspecified atom stereocenters. The van der Waals surface area contributed by atoms with Crippen LogP contribution in [0, 0.1) is 17.5 Å². The van der Waals surface area contributed by atoms with Crippen LogP contribution in [0.4, 0.5) is 13.2 Å². The van der Waals surface area contributed by atoms with Gasteiger partial charge in [-0.1, -0.05) is 24.5 Å². The monoisotopic (exact) mass is 284 g/mol. The molecule has 20 heavy (non-hydrogen) atoms. The first-order chi connectivity index (χ1) is 9.63. The fraction of sp³-hybridized carbons (Fsp3) is 0.467. The molecule has 0 spiro atoms. The number of halogens is 3. The first kappa shape index (κ1) is 15.1. The summed E-state index contributed by atoms with van der Waals surface area (Å²) in [4.78, 5) is 0. The lowest BCUT2D eigenvalue weighted by Crippen LogP contribution is -2.30. The lowest BCUT2D eigenvalue weighted by molar-refractivity contribution is 0.441. The molecule has 0 fully saturated rings. The molecule has 0 saturated heterocycles. The third kappa shape index (κ3) is 3.41. The molecule has 0 heterocycles. The summed E-state index contributed by atoms with van der Waals surface area (Å²) in [6, 6.07) is 1.53. The van der Waals surface area contributed by atoms with E-state index in [2.05, 4.69) is 11.5 Å². The van der Waals surface area contributed by atoms with E-state index in [1.165, 1.54) is 6.42 Å². The Balaban J connectivity index is 2.31. The Morgan fingerprint density at radius 2 is 1.65 bits per heavy atom. The maximum atomic E-state index is 13.3. The molecule has 0 saturated carbocycles. The number of nitrogens with one attached hydrogen (secondary N) is 1. The summed E-state index contributed by atoms with van der Waals surface area (Å²) in [6.45, 7) is 0. The van der Waals surface area contributed by atoms with E-state index in [0.29, 0.717) is 5.56 Å². The number of nitrogens with two attached hydrogens (primary N) is 1. The fourth-order valence-corrected chi connectivity index (χ4v) is 2.64. The van der Waals surface area contributed by atoms with Gasteiger partial charge in [0.05, 0.1) is 6.04 Å². The standard InChI is InChI=1S/C15H19F3N2/c16-12-8-11(9-13(17)14(12)18)15(20-19)10-6-4-2-1-3-5-7-10/h6,8-9,15,20H,1-5,7,19H2/b10-6+. The van der Waals surface area contributed by atoms with Crippen LogP contribution in [0.1, 0.15) is 50.1 Å². The minimum Gasteiger partial charge on any atom is -0.271 e. The zero-order chi connectivity index (χ0) is 14.5. The predicted octanol–water partition coefficient (Wildman–Crippen LogP) is 3.89. The molecule has 0 radical (unpaired) electrons. The van der Waals surface area contributed by atoms with Crippen LogP contribution in [-0.2, 0) is 0 Å². The second-order valence-electron chi connectivity index (χ2n) is 5.13. The van der Waals surface area contributed by atoms with Crippen molar-refractivity contribution in [3.05, 3.63) is 46.8 Å². The van der Waals surface area contributed by atoms with E-state index >= 15 is 0 Å². The lowest BCUT2D eigenvalue weighted by Gasteiger charge is -2.22. The first-order valence-corrected chi connectivity index (χ1v) is 6.93. The van der Waals surface area contributed by atoms with Gasteiger partial charge in [0.2, 0.25) is 0 Å². The van der Waals surface area contributed by atoms with Crippen molar-refractivity contribution in [1.82, 2.24) is 5.43 Å². The fourth-order valence-electron chi connectivity index (χ4n) is 2.64. The molecular formula is C15H19F3N2. The van der Waals surface area contributed by atoms with Gasteiger partial charge in [-0.2, -0.15) is 0 Å². The maximum Gasteiger partial charge on any atom is 0.194 e. The van der Waals surface area contributed by atoms with Gasteiger partial charge in [-0.25, -0.2) is 18.6 Å². The average molecular weight is 284 g/mol. The van der Waals surface area contributed by atoms with Crippen LogP contribution in [0.25, 0.3) is 0 Å². The van der Waals surface area contributed by atoms with Gasteiger partial charge in [0.25, 0.3) is 0 Å². The van der Waals surface area contributed by atoms with Crippen LogP contribution in [0.3, 0.4) is 0 Å². The van der Waals surface area contributed by atoms with Gasteiger partial charge in [-0.3, -0.25) is 5.84 Å². The highest BCUT2D eigenvalue weighted by molar-refractivity contribution is 5.30. The van der Waals surface area contributed by atoms with Gasteiger partial charge in [0.1, 0.15) is 0 Å². The molecule has 3 N–H and O–H groups in total. The third-order valence-electron chi connectivity index (χ3n) is 3.70. The van der Waals surface area contributed by atoms with Crippen molar-refractivity contribution >= 4 is 0 Å². The van der Waals surface area contributed by atoms with Gasteiger partial charge >= 0.3 is 0 Å². The molecule has 1 aliphatic carbocycles. The van der Waals surface area contributed by atoms with E-state index in [0.717, 1.165) is 49.8 Å². The van der Waals surface area contributed by atoms with E-state index in [1.807, 2.05) is 0 Å². The Morgan fingerprint density at radius 1 is 1.00 bits per heavy atom. The van der Waals surface area contributed by atoms with Crippen LogP contribution < -0.4 is 11.3 Å². The summed E-state index contributed by atoms with van der Waals surface area (Å²) in [6.07, 6.45) is 8.30. The molecule has 0 bridgehead atoms. The summed E-state index contributed by atoms with van der Waals surface area (Å²) in [5, 5.41) is 0. The Bertz CT molecular complexity index is 477. The molecule has 110 valence electrons. The zero-order valence-electron chi connectivity index (χ0n) is 11.3. The number of rotatable bonds is 3. The topological polar surface area (TPSA) is 38.0 Å². The van der Waals surface area contributed by atoms with Gasteiger partial charge in [0.15, 0.2) is 17.5 Å². The van der Waals surface area contributed by atoms with E-state index in [4.69, 9.17) is 5.84 Å². The third-order valence-corrected chi connectivity index (χ3v) is 3.70. The molecule has 1 aromatic carbocycles. The van der Waals surface area contributed by atoms with Crippen molar-refractivity contribution in [3.8, 4) is 0 Å². The predicted molar refractivity (Wildman–Crippen MR) is 72.2 cm³/mol. The normalized spacial score (nSPS) is 20.7. The van der Waals surface area contributed by atoms with Gasteiger partial charge in [-0.15, -0.1) is 0 Å². The minimum absolute atomic E-state index is 0.315. The quantitative estimate of drug-likeness (QED) is 0.382. The van der Waals surface area contributed by atoms with Crippen molar-refractivity contribution in [2.24, 2.45) is 5.84 Å². The van der Waals surface area contributed by atoms with Crippen LogP contribution in [0.2, 0.25) is 0 Å². The van der Waals surface area contributed by atoms with E-state index in [-0.39, 0.29) is 0 Å². The van der Waals surface area contributed by atoms with E-state index in [1.54, 1.807) is 0 Å². The highest BCUT2D eigenvalue weighted by atomic mass is 19.2. The van der Waals surface area contributed by atoms with Crippen molar-refractivity contribution < 1.29 is 13.2 Å². The maximum absolute atomic E-state index is 13.3. The number of allylic oxidation sites excluding steroid dienone is 1. The average Bonchev–Trinajstić information content (AvgIpc) is 2.38. The van der Waals surface area contributed by atoms with E-state index < -0.39 is 23.5 Å². The number of benzene rings is 1. The summed E-state index contributed by atoms with van der Waals surface area (Å²) in [5.74, 6) is 1.71. The second-order valence-corrected chi connectivity index (χ2v) is 5.13. The van der Waals surface area contributed by atoms with Crippen molar-refractivity contribution in [1.29, 1.82) is 0 Å². The molecule has 5 heteroatoms. The highest BCUT2D eigenvalue weighted by Crippen LogP contribution is 2.29. The van der Waals surface area contributed by atoms with Crippen LogP contribution in [0.5, 0.6) is 0 Å². The lowest BCUT2D eigenvalue weighted by atomic mass is 9.91. The first-order valence-electron chi connectivity index (χ1n) is 6.93. The number of hydrazine groups is 1. The Morgan fingerprint density at radius 3 is 2.30 bits per heavy atom. The largest absolute Gasteiger partial charge is 0.271 e. The molecular weight excluding hydrogens is 265 g/mol. The Hall–Kier alpha value is -1.33.